The van der Waals surface area contributed by atoms with Crippen molar-refractivity contribution in [3.05, 3.63) is 111 Å². The average Bonchev–Trinajstić information content (AvgIpc) is 2.94. The van der Waals surface area contributed by atoms with E-state index in [0.717, 1.165) is 17.3 Å². The molecule has 1 heterocycles. The highest BCUT2D eigenvalue weighted by atomic mass is 16.6. The summed E-state index contributed by atoms with van der Waals surface area (Å²) in [7, 11) is 0. The molecule has 0 spiro atoms. The second kappa shape index (κ2) is 11.4. The number of nitrogens with one attached hydrogen (secondary N) is 2. The average molecular weight is 503 g/mol. The molecule has 0 aliphatic rings. The van der Waals surface area contributed by atoms with Crippen LogP contribution in [-0.2, 0) is 0 Å². The number of nitriles is 2. The largest absolute Gasteiger partial charge is 0.362 e. The lowest BCUT2D eigenvalue weighted by molar-refractivity contribution is -0.384. The van der Waals surface area contributed by atoms with Crippen LogP contribution in [0.1, 0.15) is 35.2 Å². The fourth-order valence-electron chi connectivity index (χ4n) is 3.75. The van der Waals surface area contributed by atoms with Crippen LogP contribution in [0.3, 0.4) is 0 Å². The summed E-state index contributed by atoms with van der Waals surface area (Å²) >= 11 is 0. The highest BCUT2D eigenvalue weighted by Crippen LogP contribution is 2.37. The van der Waals surface area contributed by atoms with E-state index >= 15 is 0 Å². The van der Waals surface area contributed by atoms with Gasteiger partial charge in [0.1, 0.15) is 29.3 Å². The monoisotopic (exact) mass is 502 g/mol. The third kappa shape index (κ3) is 5.61. The number of nitro benzene ring substituents is 1. The molecule has 4 aromatic rings. The number of hydrogen-bond acceptors (Lipinski definition) is 9. The molecule has 0 aliphatic heterocycles. The lowest BCUT2D eigenvalue weighted by atomic mass is 10.1. The number of pyridine rings is 1. The Balaban J connectivity index is 1.80. The molecule has 3 aromatic carbocycles. The number of benzene rings is 3. The fourth-order valence-corrected chi connectivity index (χ4v) is 3.75. The third-order valence-corrected chi connectivity index (χ3v) is 5.79. The summed E-state index contributed by atoms with van der Waals surface area (Å²) in [5, 5.41) is 45.7. The predicted octanol–water partition coefficient (Wildman–Crippen LogP) is 7.37. The summed E-state index contributed by atoms with van der Waals surface area (Å²) < 4.78 is 0. The van der Waals surface area contributed by atoms with Crippen LogP contribution < -0.4 is 10.6 Å². The number of rotatable bonds is 8. The molecule has 186 valence electrons. The molecular formula is C28H22N8O2. The molecule has 1 aromatic heterocycles. The summed E-state index contributed by atoms with van der Waals surface area (Å²) in [5.74, 6) is 0.728. The lowest BCUT2D eigenvalue weighted by Crippen LogP contribution is -2.11. The van der Waals surface area contributed by atoms with Crippen LogP contribution in [0.5, 0.6) is 0 Å². The maximum atomic E-state index is 11.1. The van der Waals surface area contributed by atoms with Crippen LogP contribution >= 0.6 is 0 Å². The maximum absolute atomic E-state index is 11.1. The molecule has 0 radical (unpaired) electrons. The molecule has 1 unspecified atom stereocenters. The molecule has 4 rings (SSSR count). The Labute approximate surface area is 219 Å². The normalized spacial score (nSPS) is 11.4. The quantitative estimate of drug-likeness (QED) is 0.145. The summed E-state index contributed by atoms with van der Waals surface area (Å²) in [4.78, 5) is 15.2. The number of nitro groups is 1. The van der Waals surface area contributed by atoms with Gasteiger partial charge in [-0.25, -0.2) is 4.98 Å². The first-order valence-corrected chi connectivity index (χ1v) is 11.6. The van der Waals surface area contributed by atoms with Gasteiger partial charge in [0, 0.05) is 29.4 Å². The van der Waals surface area contributed by atoms with E-state index in [4.69, 9.17) is 4.98 Å². The van der Waals surface area contributed by atoms with Crippen molar-refractivity contribution in [2.24, 2.45) is 10.2 Å². The zero-order chi connectivity index (χ0) is 27.1. The Morgan fingerprint density at radius 1 is 0.947 bits per heavy atom. The van der Waals surface area contributed by atoms with E-state index in [2.05, 4.69) is 26.9 Å². The molecule has 38 heavy (non-hydrogen) atoms. The number of nitrogens with zero attached hydrogens (tertiary/aromatic N) is 6. The first-order valence-electron chi connectivity index (χ1n) is 11.6. The van der Waals surface area contributed by atoms with Crippen LogP contribution in [0, 0.1) is 39.7 Å². The highest BCUT2D eigenvalue weighted by Gasteiger charge is 2.20. The van der Waals surface area contributed by atoms with Crippen LogP contribution in [0.2, 0.25) is 0 Å². The van der Waals surface area contributed by atoms with Gasteiger partial charge in [-0.15, -0.1) is 10.2 Å². The Morgan fingerprint density at radius 2 is 1.63 bits per heavy atom. The van der Waals surface area contributed by atoms with E-state index in [9.17, 15) is 20.6 Å². The standard InChI is InChI=1S/C28H22N8O2/c1-18-24(17-30)27(31-19(2)20-9-5-3-6-10-20)33-28(32-22-11-7-4-8-12-22)26(18)35-34-25-14-13-23(36(37)38)15-21(25)16-29/h3-15,19H,1-2H3,(H2,31,32,33). The van der Waals surface area contributed by atoms with Crippen molar-refractivity contribution in [3.8, 4) is 12.1 Å². The summed E-state index contributed by atoms with van der Waals surface area (Å²) in [5.41, 5.74) is 2.82. The Kier molecular flexibility index (Phi) is 7.66. The number of azo groups is 1. The van der Waals surface area contributed by atoms with Crippen LogP contribution in [0.4, 0.5) is 34.4 Å². The number of anilines is 3. The molecule has 0 aliphatic carbocycles. The van der Waals surface area contributed by atoms with Gasteiger partial charge in [-0.3, -0.25) is 10.1 Å². The van der Waals surface area contributed by atoms with Gasteiger partial charge in [-0.05, 0) is 37.6 Å². The van der Waals surface area contributed by atoms with Crippen LogP contribution in [0.25, 0.3) is 0 Å². The van der Waals surface area contributed by atoms with E-state index in [-0.39, 0.29) is 23.0 Å². The van der Waals surface area contributed by atoms with E-state index in [1.54, 1.807) is 6.92 Å². The zero-order valence-corrected chi connectivity index (χ0v) is 20.6. The van der Waals surface area contributed by atoms with Crippen molar-refractivity contribution in [2.75, 3.05) is 10.6 Å². The summed E-state index contributed by atoms with van der Waals surface area (Å²) in [6, 6.07) is 26.9. The van der Waals surface area contributed by atoms with Crippen molar-refractivity contribution in [3.63, 3.8) is 0 Å². The second-order valence-corrected chi connectivity index (χ2v) is 8.31. The third-order valence-electron chi connectivity index (χ3n) is 5.79. The maximum Gasteiger partial charge on any atom is 0.270 e. The molecule has 1 atom stereocenters. The van der Waals surface area contributed by atoms with Crippen molar-refractivity contribution >= 4 is 34.4 Å². The molecule has 0 bridgehead atoms. The van der Waals surface area contributed by atoms with Crippen LogP contribution in [-0.4, -0.2) is 9.91 Å². The molecular weight excluding hydrogens is 480 g/mol. The van der Waals surface area contributed by atoms with Crippen molar-refractivity contribution in [1.29, 1.82) is 10.5 Å². The van der Waals surface area contributed by atoms with E-state index in [0.29, 0.717) is 28.5 Å². The molecule has 0 fully saturated rings. The van der Waals surface area contributed by atoms with Gasteiger partial charge >= 0.3 is 0 Å². The molecule has 10 heteroatoms. The van der Waals surface area contributed by atoms with Gasteiger partial charge < -0.3 is 10.6 Å². The summed E-state index contributed by atoms with van der Waals surface area (Å²) in [6.45, 7) is 3.72. The van der Waals surface area contributed by atoms with Crippen molar-refractivity contribution in [2.45, 2.75) is 19.9 Å². The number of hydrogen-bond donors (Lipinski definition) is 2. The summed E-state index contributed by atoms with van der Waals surface area (Å²) in [6.07, 6.45) is 0. The minimum absolute atomic E-state index is 0.00149. The minimum Gasteiger partial charge on any atom is -0.362 e. The zero-order valence-electron chi connectivity index (χ0n) is 20.6. The Hall–Kier alpha value is -5.61. The van der Waals surface area contributed by atoms with Gasteiger partial charge in [0.15, 0.2) is 5.82 Å². The number of aromatic nitrogens is 1. The predicted molar refractivity (Wildman–Crippen MR) is 144 cm³/mol. The van der Waals surface area contributed by atoms with Gasteiger partial charge in [-0.2, -0.15) is 10.5 Å². The van der Waals surface area contributed by atoms with E-state index in [1.807, 2.05) is 73.7 Å². The van der Waals surface area contributed by atoms with Gasteiger partial charge in [0.05, 0.1) is 16.1 Å². The number of para-hydroxylation sites is 1. The fraction of sp³-hybridized carbons (Fsp3) is 0.107. The van der Waals surface area contributed by atoms with Gasteiger partial charge in [0.25, 0.3) is 5.69 Å². The van der Waals surface area contributed by atoms with Gasteiger partial charge in [-0.1, -0.05) is 48.5 Å². The Bertz CT molecular complexity index is 1590. The Morgan fingerprint density at radius 3 is 2.26 bits per heavy atom. The smallest absolute Gasteiger partial charge is 0.270 e. The second-order valence-electron chi connectivity index (χ2n) is 8.31. The SMILES string of the molecule is Cc1c(C#N)c(NC(C)c2ccccc2)nc(Nc2ccccc2)c1N=Nc1ccc([N+](=O)[O-])cc1C#N. The molecule has 0 amide bonds. The lowest BCUT2D eigenvalue weighted by Gasteiger charge is -2.19. The van der Waals surface area contributed by atoms with Gasteiger partial charge in [0.2, 0.25) is 0 Å². The highest BCUT2D eigenvalue weighted by molar-refractivity contribution is 5.77. The van der Waals surface area contributed by atoms with E-state index in [1.165, 1.54) is 12.1 Å². The first-order chi connectivity index (χ1) is 18.4. The van der Waals surface area contributed by atoms with Crippen molar-refractivity contribution < 1.29 is 4.92 Å². The molecule has 2 N–H and O–H groups in total. The minimum atomic E-state index is -0.584. The topological polar surface area (TPSA) is 152 Å². The molecule has 10 nitrogen and oxygen atoms in total. The first kappa shape index (κ1) is 25.5. The van der Waals surface area contributed by atoms with Crippen molar-refractivity contribution in [1.82, 2.24) is 4.98 Å². The molecule has 0 saturated heterocycles. The van der Waals surface area contributed by atoms with Crippen LogP contribution in [0.15, 0.2) is 89.1 Å². The number of non-ortho nitro benzene ring substituents is 1. The van der Waals surface area contributed by atoms with E-state index < -0.39 is 4.92 Å². The molecule has 0 saturated carbocycles.